The highest BCUT2D eigenvalue weighted by Crippen LogP contribution is 2.27. The van der Waals surface area contributed by atoms with Crippen molar-refractivity contribution in [2.24, 2.45) is 0 Å². The van der Waals surface area contributed by atoms with E-state index in [2.05, 4.69) is 15.3 Å². The smallest absolute Gasteiger partial charge is 0.251 e. The summed E-state index contributed by atoms with van der Waals surface area (Å²) in [5, 5.41) is 3.62. The van der Waals surface area contributed by atoms with Crippen molar-refractivity contribution in [3.63, 3.8) is 0 Å². The first-order valence-electron chi connectivity index (χ1n) is 7.64. The quantitative estimate of drug-likeness (QED) is 0.755. The monoisotopic (exact) mass is 359 g/mol. The molecule has 0 bridgehead atoms. The standard InChI is InChI=1S/C18H15F2N3OS/c1-11-16(25-18(23-11)12-4-7-21-8-5-12)6-9-22-17(24)13-2-3-14(19)15(20)10-13/h2-5,7-8,10H,6,9H2,1H3,(H,22,24). The molecule has 0 spiro atoms. The number of rotatable bonds is 5. The molecule has 0 aliphatic rings. The normalized spacial score (nSPS) is 10.7. The van der Waals surface area contributed by atoms with Gasteiger partial charge in [0.05, 0.1) is 5.69 Å². The number of carbonyl (C=O) groups is 1. The van der Waals surface area contributed by atoms with Crippen molar-refractivity contribution < 1.29 is 13.6 Å². The number of halogens is 2. The Kier molecular flexibility index (Phi) is 5.14. The zero-order valence-corrected chi connectivity index (χ0v) is 14.2. The van der Waals surface area contributed by atoms with Gasteiger partial charge in [-0.2, -0.15) is 0 Å². The molecule has 0 saturated carbocycles. The van der Waals surface area contributed by atoms with Gasteiger partial charge in [0.2, 0.25) is 0 Å². The Balaban J connectivity index is 1.61. The molecule has 7 heteroatoms. The second-order valence-corrected chi connectivity index (χ2v) is 6.48. The fraction of sp³-hybridized carbons (Fsp3) is 0.167. The van der Waals surface area contributed by atoms with E-state index in [1.54, 1.807) is 23.7 Å². The third-order valence-electron chi connectivity index (χ3n) is 3.64. The van der Waals surface area contributed by atoms with Crippen LogP contribution in [0.4, 0.5) is 8.78 Å². The van der Waals surface area contributed by atoms with E-state index < -0.39 is 17.5 Å². The van der Waals surface area contributed by atoms with Gasteiger partial charge in [-0.15, -0.1) is 11.3 Å². The van der Waals surface area contributed by atoms with E-state index in [4.69, 9.17) is 0 Å². The minimum absolute atomic E-state index is 0.0948. The van der Waals surface area contributed by atoms with Crippen LogP contribution in [0.25, 0.3) is 10.6 Å². The van der Waals surface area contributed by atoms with Crippen molar-refractivity contribution in [3.8, 4) is 10.6 Å². The van der Waals surface area contributed by atoms with E-state index in [-0.39, 0.29) is 5.56 Å². The molecule has 0 aliphatic heterocycles. The minimum Gasteiger partial charge on any atom is -0.352 e. The predicted molar refractivity (Wildman–Crippen MR) is 92.5 cm³/mol. The first-order chi connectivity index (χ1) is 12.0. The highest BCUT2D eigenvalue weighted by Gasteiger charge is 2.12. The first kappa shape index (κ1) is 17.2. The molecular formula is C18H15F2N3OS. The lowest BCUT2D eigenvalue weighted by atomic mass is 10.2. The number of benzene rings is 1. The van der Waals surface area contributed by atoms with Crippen LogP contribution < -0.4 is 5.32 Å². The van der Waals surface area contributed by atoms with E-state index in [1.165, 1.54) is 6.07 Å². The summed E-state index contributed by atoms with van der Waals surface area (Å²) in [6, 6.07) is 6.88. The van der Waals surface area contributed by atoms with Gasteiger partial charge >= 0.3 is 0 Å². The Bertz CT molecular complexity index is 897. The molecule has 1 amide bonds. The molecule has 1 aromatic carbocycles. The number of nitrogens with one attached hydrogen (secondary N) is 1. The first-order valence-corrected chi connectivity index (χ1v) is 8.46. The number of hydrogen-bond acceptors (Lipinski definition) is 4. The van der Waals surface area contributed by atoms with Gasteiger partial charge in [0, 0.05) is 41.4 Å². The largest absolute Gasteiger partial charge is 0.352 e. The highest BCUT2D eigenvalue weighted by atomic mass is 32.1. The van der Waals surface area contributed by atoms with Crippen LogP contribution in [0.5, 0.6) is 0 Å². The number of amides is 1. The lowest BCUT2D eigenvalue weighted by Gasteiger charge is -2.05. The molecule has 1 N–H and O–H groups in total. The number of nitrogens with zero attached hydrogens (tertiary/aromatic N) is 2. The van der Waals surface area contributed by atoms with Crippen LogP contribution >= 0.6 is 11.3 Å². The molecule has 25 heavy (non-hydrogen) atoms. The van der Waals surface area contributed by atoms with Gasteiger partial charge in [0.1, 0.15) is 5.01 Å². The summed E-state index contributed by atoms with van der Waals surface area (Å²) >= 11 is 1.56. The van der Waals surface area contributed by atoms with Crippen LogP contribution in [0.1, 0.15) is 20.9 Å². The van der Waals surface area contributed by atoms with Crippen molar-refractivity contribution in [2.45, 2.75) is 13.3 Å². The van der Waals surface area contributed by atoms with Crippen molar-refractivity contribution in [1.29, 1.82) is 0 Å². The Hall–Kier alpha value is -2.67. The van der Waals surface area contributed by atoms with E-state index in [1.807, 2.05) is 19.1 Å². The van der Waals surface area contributed by atoms with Gasteiger partial charge in [0.15, 0.2) is 11.6 Å². The zero-order chi connectivity index (χ0) is 17.8. The molecule has 3 aromatic rings. The van der Waals surface area contributed by atoms with Gasteiger partial charge in [-0.1, -0.05) is 0 Å². The lowest BCUT2D eigenvalue weighted by Crippen LogP contribution is -2.25. The third-order valence-corrected chi connectivity index (χ3v) is 4.91. The van der Waals surface area contributed by atoms with E-state index in [0.29, 0.717) is 13.0 Å². The summed E-state index contributed by atoms with van der Waals surface area (Å²) in [6.07, 6.45) is 4.05. The van der Waals surface area contributed by atoms with E-state index >= 15 is 0 Å². The second kappa shape index (κ2) is 7.48. The maximum absolute atomic E-state index is 13.2. The van der Waals surface area contributed by atoms with Gasteiger partial charge in [-0.25, -0.2) is 13.8 Å². The molecule has 0 unspecified atom stereocenters. The number of pyridine rings is 1. The van der Waals surface area contributed by atoms with Crippen LogP contribution in [0, 0.1) is 18.6 Å². The maximum Gasteiger partial charge on any atom is 0.251 e. The van der Waals surface area contributed by atoms with E-state index in [0.717, 1.165) is 33.3 Å². The van der Waals surface area contributed by atoms with E-state index in [9.17, 15) is 13.6 Å². The van der Waals surface area contributed by atoms with Crippen LogP contribution in [0.2, 0.25) is 0 Å². The van der Waals surface area contributed by atoms with Crippen LogP contribution in [0.15, 0.2) is 42.7 Å². The number of thiazole rings is 1. The molecule has 2 aromatic heterocycles. The fourth-order valence-electron chi connectivity index (χ4n) is 2.31. The predicted octanol–water partition coefficient (Wildman–Crippen LogP) is 3.76. The van der Waals surface area contributed by atoms with Crippen molar-refractivity contribution >= 4 is 17.2 Å². The molecular weight excluding hydrogens is 344 g/mol. The summed E-state index contributed by atoms with van der Waals surface area (Å²) in [7, 11) is 0. The summed E-state index contributed by atoms with van der Waals surface area (Å²) in [5.74, 6) is -2.44. The number of aryl methyl sites for hydroxylation is 1. The minimum atomic E-state index is -1.03. The lowest BCUT2D eigenvalue weighted by molar-refractivity contribution is 0.0953. The van der Waals surface area contributed by atoms with Crippen LogP contribution in [-0.2, 0) is 6.42 Å². The Morgan fingerprint density at radius 2 is 1.92 bits per heavy atom. The average Bonchev–Trinajstić information content (AvgIpc) is 2.99. The highest BCUT2D eigenvalue weighted by molar-refractivity contribution is 7.15. The second-order valence-electron chi connectivity index (χ2n) is 5.40. The van der Waals surface area contributed by atoms with Crippen molar-refractivity contribution in [2.75, 3.05) is 6.54 Å². The van der Waals surface area contributed by atoms with Gasteiger partial charge < -0.3 is 5.32 Å². The van der Waals surface area contributed by atoms with Crippen LogP contribution in [-0.4, -0.2) is 22.4 Å². The number of carbonyl (C=O) groups excluding carboxylic acids is 1. The van der Waals surface area contributed by atoms with Crippen molar-refractivity contribution in [3.05, 3.63) is 70.5 Å². The molecule has 0 saturated heterocycles. The topological polar surface area (TPSA) is 54.9 Å². The van der Waals surface area contributed by atoms with Crippen LogP contribution in [0.3, 0.4) is 0 Å². The zero-order valence-electron chi connectivity index (χ0n) is 13.4. The van der Waals surface area contributed by atoms with Gasteiger partial charge in [-0.3, -0.25) is 9.78 Å². The molecule has 3 rings (SSSR count). The molecule has 0 fully saturated rings. The number of hydrogen-bond donors (Lipinski definition) is 1. The van der Waals surface area contributed by atoms with Crippen molar-refractivity contribution in [1.82, 2.24) is 15.3 Å². The van der Waals surface area contributed by atoms with Gasteiger partial charge in [0.25, 0.3) is 5.91 Å². The molecule has 0 aliphatic carbocycles. The molecule has 0 radical (unpaired) electrons. The fourth-order valence-corrected chi connectivity index (χ4v) is 3.37. The molecule has 128 valence electrons. The maximum atomic E-state index is 13.2. The summed E-state index contributed by atoms with van der Waals surface area (Å²) in [6.45, 7) is 2.31. The summed E-state index contributed by atoms with van der Waals surface area (Å²) in [4.78, 5) is 21.6. The molecule has 0 atom stereocenters. The third kappa shape index (κ3) is 4.06. The SMILES string of the molecule is Cc1nc(-c2ccncc2)sc1CCNC(=O)c1ccc(F)c(F)c1. The Morgan fingerprint density at radius 1 is 1.16 bits per heavy atom. The Morgan fingerprint density at radius 3 is 2.64 bits per heavy atom. The average molecular weight is 359 g/mol. The molecule has 2 heterocycles. The summed E-state index contributed by atoms with van der Waals surface area (Å²) < 4.78 is 26.1. The Labute approximate surface area is 147 Å². The molecule has 4 nitrogen and oxygen atoms in total. The number of aromatic nitrogens is 2. The van der Waals surface area contributed by atoms with Gasteiger partial charge in [-0.05, 0) is 37.3 Å². The summed E-state index contributed by atoms with van der Waals surface area (Å²) in [5.41, 5.74) is 2.01.